The lowest BCUT2D eigenvalue weighted by Crippen LogP contribution is -2.68. The van der Waals surface area contributed by atoms with Gasteiger partial charge in [-0.15, -0.1) is 34.8 Å². The maximum absolute atomic E-state index is 13.7. The predicted molar refractivity (Wildman–Crippen MR) is 142 cm³/mol. The highest BCUT2D eigenvalue weighted by Gasteiger charge is 2.76. The van der Waals surface area contributed by atoms with E-state index in [0.29, 0.717) is 18.4 Å². The summed E-state index contributed by atoms with van der Waals surface area (Å²) in [5, 5.41) is -0.528. The number of esters is 1. The fourth-order valence-electron chi connectivity index (χ4n) is 8.21. The van der Waals surface area contributed by atoms with Crippen molar-refractivity contribution in [2.24, 2.45) is 28.6 Å². The second-order valence-electron chi connectivity index (χ2n) is 11.4. The van der Waals surface area contributed by atoms with Crippen LogP contribution in [0.3, 0.4) is 0 Å². The smallest absolute Gasteiger partial charge is 0.339 e. The highest BCUT2D eigenvalue weighted by molar-refractivity contribution is 6.34. The average molecular weight is 550 g/mol. The number of ether oxygens (including phenoxy) is 1. The van der Waals surface area contributed by atoms with Gasteiger partial charge in [-0.1, -0.05) is 50.6 Å². The van der Waals surface area contributed by atoms with Crippen molar-refractivity contribution in [2.45, 2.75) is 62.3 Å². The Morgan fingerprint density at radius 3 is 2.50 bits per heavy atom. The second kappa shape index (κ2) is 8.71. The van der Waals surface area contributed by atoms with Crippen molar-refractivity contribution in [3.63, 3.8) is 0 Å². The fraction of sp³-hybridized carbons (Fsp3) is 0.552. The van der Waals surface area contributed by atoms with Gasteiger partial charge < -0.3 is 4.74 Å². The van der Waals surface area contributed by atoms with Crippen molar-refractivity contribution in [3.8, 4) is 0 Å². The molecule has 0 heterocycles. The summed E-state index contributed by atoms with van der Waals surface area (Å²) >= 11 is 21.1. The third-order valence-corrected chi connectivity index (χ3v) is 11.7. The molecule has 192 valence electrons. The Hall–Kier alpha value is -1.62. The number of fused-ring (bicyclic) bond motifs is 5. The molecule has 4 nitrogen and oxygen atoms in total. The highest BCUT2D eigenvalue weighted by Crippen LogP contribution is 2.73. The lowest BCUT2D eigenvalue weighted by molar-refractivity contribution is -0.164. The van der Waals surface area contributed by atoms with Crippen LogP contribution >= 0.6 is 34.8 Å². The molecule has 5 rings (SSSR count). The number of benzene rings is 1. The molecule has 0 bridgehead atoms. The van der Waals surface area contributed by atoms with Crippen LogP contribution in [0.2, 0.25) is 0 Å². The van der Waals surface area contributed by atoms with Crippen LogP contribution in [0.25, 0.3) is 0 Å². The summed E-state index contributed by atoms with van der Waals surface area (Å²) in [4.78, 5) is 38.4. The molecule has 0 saturated heterocycles. The molecule has 36 heavy (non-hydrogen) atoms. The number of Topliss-reactive ketones (excluding diaryl/α,β-unsaturated/α-hetero) is 1. The number of alkyl halides is 3. The minimum atomic E-state index is -1.41. The van der Waals surface area contributed by atoms with E-state index in [1.54, 1.807) is 36.4 Å². The standard InChI is InChI=1S/C29H31Cl3O4/c1-17-13-22-21-10-9-19-14-20(33)11-12-26(19,2)28(21,32)23(31)15-27(22,3)29(17,24(34)16-30)36-25(35)18-7-5-4-6-8-18/h4-8,11-12,14,17,21-23H,9-10,13,15-16H2,1-3H3/t17-,21+,22+,23+,26+,27+,28+,29-/m1/s1. The van der Waals surface area contributed by atoms with Crippen molar-refractivity contribution in [1.29, 1.82) is 0 Å². The van der Waals surface area contributed by atoms with E-state index in [1.807, 2.05) is 26.0 Å². The lowest BCUT2D eigenvalue weighted by Gasteiger charge is -2.64. The predicted octanol–water partition coefficient (Wildman–Crippen LogP) is 6.52. The zero-order valence-corrected chi connectivity index (χ0v) is 23.0. The van der Waals surface area contributed by atoms with Gasteiger partial charge in [-0.05, 0) is 61.8 Å². The Bertz CT molecular complexity index is 1180. The van der Waals surface area contributed by atoms with Gasteiger partial charge in [0.1, 0.15) is 0 Å². The number of hydrogen-bond acceptors (Lipinski definition) is 4. The van der Waals surface area contributed by atoms with Crippen molar-refractivity contribution in [3.05, 3.63) is 59.7 Å². The first-order valence-electron chi connectivity index (χ1n) is 12.6. The topological polar surface area (TPSA) is 60.4 Å². The molecule has 7 heteroatoms. The van der Waals surface area contributed by atoms with E-state index in [1.165, 1.54) is 0 Å². The van der Waals surface area contributed by atoms with Crippen LogP contribution in [0.15, 0.2) is 54.1 Å². The largest absolute Gasteiger partial charge is 0.447 e. The summed E-state index contributed by atoms with van der Waals surface area (Å²) in [6.07, 6.45) is 7.76. The van der Waals surface area contributed by atoms with Gasteiger partial charge in [-0.2, -0.15) is 0 Å². The molecule has 3 fully saturated rings. The van der Waals surface area contributed by atoms with Crippen LogP contribution in [0.4, 0.5) is 0 Å². The molecule has 0 unspecified atom stereocenters. The van der Waals surface area contributed by atoms with Crippen molar-refractivity contribution in [2.75, 3.05) is 5.88 Å². The highest BCUT2D eigenvalue weighted by atomic mass is 35.5. The number of halogens is 3. The molecule has 0 N–H and O–H groups in total. The minimum absolute atomic E-state index is 0.0138. The maximum Gasteiger partial charge on any atom is 0.339 e. The second-order valence-corrected chi connectivity index (χ2v) is 12.8. The fourth-order valence-corrected chi connectivity index (χ4v) is 9.64. The summed E-state index contributed by atoms with van der Waals surface area (Å²) in [5.74, 6) is -1.42. The Morgan fingerprint density at radius 1 is 1.14 bits per heavy atom. The van der Waals surface area contributed by atoms with Crippen LogP contribution in [-0.2, 0) is 14.3 Å². The molecular formula is C29H31Cl3O4. The number of allylic oxidation sites excluding steroid dienone is 4. The molecule has 8 atom stereocenters. The van der Waals surface area contributed by atoms with E-state index in [4.69, 9.17) is 39.5 Å². The van der Waals surface area contributed by atoms with E-state index < -0.39 is 32.7 Å². The van der Waals surface area contributed by atoms with Gasteiger partial charge in [0.2, 0.25) is 0 Å². The molecule has 4 aliphatic rings. The van der Waals surface area contributed by atoms with Gasteiger partial charge in [0.15, 0.2) is 17.2 Å². The Balaban J connectivity index is 1.61. The molecule has 3 saturated carbocycles. The zero-order chi connectivity index (χ0) is 26.1. The number of hydrogen-bond donors (Lipinski definition) is 0. The molecule has 0 amide bonds. The first kappa shape index (κ1) is 26.0. The monoisotopic (exact) mass is 548 g/mol. The normalized spacial score (nSPS) is 43.2. The van der Waals surface area contributed by atoms with Crippen LogP contribution in [0.1, 0.15) is 56.8 Å². The van der Waals surface area contributed by atoms with Crippen molar-refractivity contribution >= 4 is 52.3 Å². The number of carbonyl (C=O) groups is 3. The first-order valence-corrected chi connectivity index (χ1v) is 14.0. The third-order valence-electron chi connectivity index (χ3n) is 9.94. The van der Waals surface area contributed by atoms with E-state index in [-0.39, 0.29) is 35.2 Å². The first-order chi connectivity index (χ1) is 17.0. The summed E-state index contributed by atoms with van der Waals surface area (Å²) in [7, 11) is 0. The number of carbonyl (C=O) groups excluding carboxylic acids is 3. The summed E-state index contributed by atoms with van der Waals surface area (Å²) in [6.45, 7) is 6.08. The zero-order valence-electron chi connectivity index (χ0n) is 20.7. The molecule has 0 aliphatic heterocycles. The number of rotatable bonds is 4. The molecule has 0 radical (unpaired) electrons. The van der Waals surface area contributed by atoms with E-state index in [9.17, 15) is 14.4 Å². The van der Waals surface area contributed by atoms with Gasteiger partial charge in [0.05, 0.1) is 21.7 Å². The summed E-state index contributed by atoms with van der Waals surface area (Å²) in [5.41, 5.74) is -1.33. The number of ketones is 2. The van der Waals surface area contributed by atoms with Gasteiger partial charge in [0, 0.05) is 16.7 Å². The third kappa shape index (κ3) is 3.23. The van der Waals surface area contributed by atoms with Gasteiger partial charge in [0.25, 0.3) is 0 Å². The van der Waals surface area contributed by atoms with Crippen LogP contribution in [-0.4, -0.2) is 39.3 Å². The van der Waals surface area contributed by atoms with Gasteiger partial charge >= 0.3 is 5.97 Å². The van der Waals surface area contributed by atoms with Crippen LogP contribution in [0, 0.1) is 28.6 Å². The molecule has 0 spiro atoms. The summed E-state index contributed by atoms with van der Waals surface area (Å²) in [6, 6.07) is 8.72. The molecule has 1 aromatic rings. The van der Waals surface area contributed by atoms with Gasteiger partial charge in [-0.25, -0.2) is 4.79 Å². The van der Waals surface area contributed by atoms with Crippen molar-refractivity contribution < 1.29 is 19.1 Å². The Labute approximate surface area is 227 Å². The van der Waals surface area contributed by atoms with E-state index in [2.05, 4.69) is 6.92 Å². The SMILES string of the molecule is C[C@@H]1C[C@H]2[C@@H]3CCC4=CC(=O)C=C[C@]4(C)[C@@]3(Cl)[C@@H](Cl)C[C@]2(C)[C@]1(OC(=O)c1ccccc1)C(=O)CCl. The van der Waals surface area contributed by atoms with Crippen LogP contribution < -0.4 is 0 Å². The minimum Gasteiger partial charge on any atom is -0.447 e. The molecule has 4 aliphatic carbocycles. The molecule has 1 aromatic carbocycles. The van der Waals surface area contributed by atoms with E-state index >= 15 is 0 Å². The Kier molecular flexibility index (Phi) is 6.29. The average Bonchev–Trinajstić information content (AvgIpc) is 3.07. The van der Waals surface area contributed by atoms with Crippen LogP contribution in [0.5, 0.6) is 0 Å². The molecular weight excluding hydrogens is 519 g/mol. The maximum atomic E-state index is 13.7. The lowest BCUT2D eigenvalue weighted by atomic mass is 9.46. The van der Waals surface area contributed by atoms with Gasteiger partial charge in [-0.3, -0.25) is 9.59 Å². The summed E-state index contributed by atoms with van der Waals surface area (Å²) < 4.78 is 6.28. The quantitative estimate of drug-likeness (QED) is 0.317. The molecule has 0 aromatic heterocycles. The van der Waals surface area contributed by atoms with E-state index in [0.717, 1.165) is 18.4 Å². The Morgan fingerprint density at radius 2 is 1.83 bits per heavy atom. The van der Waals surface area contributed by atoms with Crippen molar-refractivity contribution in [1.82, 2.24) is 0 Å².